The molecule has 25 heavy (non-hydrogen) atoms. The van der Waals surface area contributed by atoms with Gasteiger partial charge in [-0.2, -0.15) is 0 Å². The lowest BCUT2D eigenvalue weighted by molar-refractivity contribution is -0.107. The van der Waals surface area contributed by atoms with E-state index < -0.39 is 6.04 Å². The van der Waals surface area contributed by atoms with E-state index in [4.69, 9.17) is 15.8 Å². The molecule has 0 aliphatic carbocycles. The molecule has 7 heteroatoms. The summed E-state index contributed by atoms with van der Waals surface area (Å²) in [5.41, 5.74) is 3.57. The van der Waals surface area contributed by atoms with Crippen molar-refractivity contribution in [2.24, 2.45) is 4.99 Å². The van der Waals surface area contributed by atoms with Gasteiger partial charge in [-0.1, -0.05) is 0 Å². The van der Waals surface area contributed by atoms with Crippen molar-refractivity contribution in [2.75, 3.05) is 4.90 Å². The van der Waals surface area contributed by atoms with Gasteiger partial charge in [0.05, 0.1) is 5.71 Å². The van der Waals surface area contributed by atoms with E-state index in [1.807, 2.05) is 26.0 Å². The van der Waals surface area contributed by atoms with Crippen molar-refractivity contribution < 1.29 is 4.79 Å². The van der Waals surface area contributed by atoms with E-state index in [9.17, 15) is 4.79 Å². The van der Waals surface area contributed by atoms with E-state index in [2.05, 4.69) is 4.98 Å². The summed E-state index contributed by atoms with van der Waals surface area (Å²) in [4.78, 5) is 22.8. The fourth-order valence-corrected chi connectivity index (χ4v) is 4.12. The SMILES string of the molecule is CC(=N)N1C(=N)C(CC=O)N=C(c2cccnc2)c2c1sc(C)c2C. The molecule has 2 N–H and O–H groups in total. The summed E-state index contributed by atoms with van der Waals surface area (Å²) >= 11 is 1.54. The average Bonchev–Trinajstić information content (AvgIpc) is 2.80. The molecule has 0 spiro atoms. The van der Waals surface area contributed by atoms with Crippen LogP contribution in [0.1, 0.15) is 34.9 Å². The molecule has 1 atom stereocenters. The number of nitrogens with zero attached hydrogens (tertiary/aromatic N) is 3. The number of fused-ring (bicyclic) bond motifs is 1. The molecule has 0 fully saturated rings. The van der Waals surface area contributed by atoms with Gasteiger partial charge in [-0.3, -0.25) is 25.7 Å². The standard InChI is InChI=1S/C18H19N5OS/c1-10-11(2)25-18-15(10)16(13-5-4-7-21-9-13)22-14(6-8-24)17(20)23(18)12(3)19/h4-5,7-9,14,19-20H,6H2,1-3H3. The highest BCUT2D eigenvalue weighted by Crippen LogP contribution is 2.39. The Bertz CT molecular complexity index is 884. The molecule has 3 rings (SSSR count). The first kappa shape index (κ1) is 17.2. The number of aryl methyl sites for hydroxylation is 1. The van der Waals surface area contributed by atoms with Crippen LogP contribution in [-0.2, 0) is 4.79 Å². The quantitative estimate of drug-likeness (QED) is 0.503. The van der Waals surface area contributed by atoms with Crippen molar-refractivity contribution in [3.05, 3.63) is 46.1 Å². The van der Waals surface area contributed by atoms with Gasteiger partial charge in [0.15, 0.2) is 0 Å². The molecule has 0 bridgehead atoms. The Labute approximate surface area is 150 Å². The summed E-state index contributed by atoms with van der Waals surface area (Å²) in [6.07, 6.45) is 4.33. The van der Waals surface area contributed by atoms with Gasteiger partial charge in [-0.25, -0.2) is 0 Å². The highest BCUT2D eigenvalue weighted by Gasteiger charge is 2.33. The van der Waals surface area contributed by atoms with Crippen LogP contribution in [-0.4, -0.2) is 34.7 Å². The third kappa shape index (κ3) is 2.91. The number of aromatic nitrogens is 1. The maximum atomic E-state index is 11.1. The fourth-order valence-electron chi connectivity index (χ4n) is 2.90. The van der Waals surface area contributed by atoms with E-state index >= 15 is 0 Å². The highest BCUT2D eigenvalue weighted by molar-refractivity contribution is 7.17. The third-order valence-electron chi connectivity index (χ3n) is 4.24. The van der Waals surface area contributed by atoms with Gasteiger partial charge >= 0.3 is 0 Å². The van der Waals surface area contributed by atoms with Crippen molar-refractivity contribution in [1.29, 1.82) is 10.8 Å². The number of nitrogens with one attached hydrogen (secondary N) is 2. The molecule has 1 aliphatic heterocycles. The number of thiophene rings is 1. The van der Waals surface area contributed by atoms with Gasteiger partial charge in [-0.15, -0.1) is 11.3 Å². The summed E-state index contributed by atoms with van der Waals surface area (Å²) in [5.74, 6) is 0.395. The van der Waals surface area contributed by atoms with Crippen LogP contribution < -0.4 is 4.90 Å². The van der Waals surface area contributed by atoms with Gasteiger partial charge in [0.25, 0.3) is 0 Å². The Balaban J connectivity index is 2.33. The van der Waals surface area contributed by atoms with Crippen molar-refractivity contribution in [1.82, 2.24) is 4.98 Å². The second-order valence-corrected chi connectivity index (χ2v) is 7.11. The summed E-state index contributed by atoms with van der Waals surface area (Å²) < 4.78 is 0. The maximum absolute atomic E-state index is 11.1. The van der Waals surface area contributed by atoms with Crippen LogP contribution in [0.4, 0.5) is 5.00 Å². The van der Waals surface area contributed by atoms with E-state index in [0.717, 1.165) is 38.6 Å². The van der Waals surface area contributed by atoms with Crippen LogP contribution in [0, 0.1) is 24.7 Å². The highest BCUT2D eigenvalue weighted by atomic mass is 32.1. The number of aliphatic imine (C=N–C) groups is 1. The first-order chi connectivity index (χ1) is 12.0. The molecular formula is C18H19N5OS. The second-order valence-electron chi connectivity index (χ2n) is 5.91. The number of hydrogen-bond donors (Lipinski definition) is 2. The minimum atomic E-state index is -0.618. The fraction of sp³-hybridized carbons (Fsp3) is 0.278. The van der Waals surface area contributed by atoms with Crippen molar-refractivity contribution in [3.8, 4) is 0 Å². The van der Waals surface area contributed by atoms with E-state index in [-0.39, 0.29) is 18.1 Å². The van der Waals surface area contributed by atoms with Crippen molar-refractivity contribution >= 4 is 40.0 Å². The maximum Gasteiger partial charge on any atom is 0.132 e. The number of rotatable bonds is 3. The van der Waals surface area contributed by atoms with E-state index in [1.54, 1.807) is 35.6 Å². The topological polar surface area (TPSA) is 93.3 Å². The van der Waals surface area contributed by atoms with Crippen molar-refractivity contribution in [3.63, 3.8) is 0 Å². The first-order valence-corrected chi connectivity index (χ1v) is 8.73. The van der Waals surface area contributed by atoms with Crippen LogP contribution in [0.5, 0.6) is 0 Å². The Kier molecular flexibility index (Phi) is 4.59. The minimum Gasteiger partial charge on any atom is -0.303 e. The molecule has 0 saturated carbocycles. The number of amidine groups is 2. The van der Waals surface area contributed by atoms with Crippen LogP contribution in [0.3, 0.4) is 0 Å². The number of pyridine rings is 1. The Morgan fingerprint density at radius 3 is 2.80 bits per heavy atom. The zero-order valence-corrected chi connectivity index (χ0v) is 15.1. The lowest BCUT2D eigenvalue weighted by atomic mass is 10.0. The lowest BCUT2D eigenvalue weighted by Gasteiger charge is -2.24. The van der Waals surface area contributed by atoms with Gasteiger partial charge in [-0.05, 0) is 38.5 Å². The molecule has 2 aromatic rings. The van der Waals surface area contributed by atoms with Gasteiger partial charge in [0, 0.05) is 34.8 Å². The third-order valence-corrected chi connectivity index (χ3v) is 5.43. The van der Waals surface area contributed by atoms with Crippen LogP contribution >= 0.6 is 11.3 Å². The van der Waals surface area contributed by atoms with Gasteiger partial charge < -0.3 is 4.79 Å². The van der Waals surface area contributed by atoms with Gasteiger partial charge in [0.1, 0.15) is 29.0 Å². The molecule has 3 heterocycles. The number of hydrogen-bond acceptors (Lipinski definition) is 6. The monoisotopic (exact) mass is 353 g/mol. The second kappa shape index (κ2) is 6.68. The zero-order chi connectivity index (χ0) is 18.1. The lowest BCUT2D eigenvalue weighted by Crippen LogP contribution is -2.40. The average molecular weight is 353 g/mol. The number of carbonyl (C=O) groups is 1. The summed E-state index contributed by atoms with van der Waals surface area (Å²) in [6.45, 7) is 5.70. The zero-order valence-electron chi connectivity index (χ0n) is 14.3. The van der Waals surface area contributed by atoms with Crippen molar-refractivity contribution in [2.45, 2.75) is 33.2 Å². The predicted octanol–water partition coefficient (Wildman–Crippen LogP) is 3.35. The Morgan fingerprint density at radius 2 is 2.20 bits per heavy atom. The van der Waals surface area contributed by atoms with E-state index in [0.29, 0.717) is 0 Å². The minimum absolute atomic E-state index is 0.110. The van der Waals surface area contributed by atoms with E-state index in [1.165, 1.54) is 0 Å². The summed E-state index contributed by atoms with van der Waals surface area (Å²) in [5, 5.41) is 17.5. The first-order valence-electron chi connectivity index (χ1n) is 7.91. The van der Waals surface area contributed by atoms with Crippen LogP contribution in [0.25, 0.3) is 0 Å². The number of aldehydes is 1. The number of carbonyl (C=O) groups excluding carboxylic acids is 1. The molecule has 1 unspecified atom stereocenters. The van der Waals surface area contributed by atoms with Gasteiger partial charge in [0.2, 0.25) is 0 Å². The molecule has 128 valence electrons. The molecule has 1 aliphatic rings. The Morgan fingerprint density at radius 1 is 1.44 bits per heavy atom. The summed E-state index contributed by atoms with van der Waals surface area (Å²) in [7, 11) is 0. The molecule has 2 aromatic heterocycles. The van der Waals surface area contributed by atoms with Crippen LogP contribution in [0.15, 0.2) is 29.5 Å². The molecule has 6 nitrogen and oxygen atoms in total. The molecule has 0 aromatic carbocycles. The normalized spacial score (nSPS) is 16.9. The Hall–Kier alpha value is -2.67. The number of anilines is 1. The molecule has 0 amide bonds. The smallest absolute Gasteiger partial charge is 0.132 e. The molecule has 0 saturated heterocycles. The largest absolute Gasteiger partial charge is 0.303 e. The summed E-state index contributed by atoms with van der Waals surface area (Å²) in [6, 6.07) is 3.15. The predicted molar refractivity (Wildman–Crippen MR) is 102 cm³/mol. The van der Waals surface area contributed by atoms with Crippen LogP contribution in [0.2, 0.25) is 0 Å². The molecular weight excluding hydrogens is 334 g/mol. The molecule has 0 radical (unpaired) electrons.